The lowest BCUT2D eigenvalue weighted by Gasteiger charge is -2.23. The Hall–Kier alpha value is -2.48. The van der Waals surface area contributed by atoms with Gasteiger partial charge in [0, 0.05) is 22.9 Å². The molecule has 7 nitrogen and oxygen atoms in total. The normalized spacial score (nSPS) is 18.5. The van der Waals surface area contributed by atoms with Crippen LogP contribution in [-0.2, 0) is 9.59 Å². The van der Waals surface area contributed by atoms with Crippen molar-refractivity contribution in [1.82, 2.24) is 15.2 Å². The van der Waals surface area contributed by atoms with Crippen molar-refractivity contribution in [1.29, 1.82) is 0 Å². The molecule has 24 heavy (non-hydrogen) atoms. The van der Waals surface area contributed by atoms with Crippen molar-refractivity contribution in [2.24, 2.45) is 0 Å². The lowest BCUT2D eigenvalue weighted by Crippen LogP contribution is -2.51. The summed E-state index contributed by atoms with van der Waals surface area (Å²) in [6.07, 6.45) is 1.64. The highest BCUT2D eigenvalue weighted by Crippen LogP contribution is 2.26. The molecule has 3 rings (SSSR count). The second-order valence-electron chi connectivity index (χ2n) is 5.61. The zero-order chi connectivity index (χ0) is 17.3. The molecule has 126 valence electrons. The average Bonchev–Trinajstić information content (AvgIpc) is 3.21. The Morgan fingerprint density at radius 2 is 2.12 bits per heavy atom. The van der Waals surface area contributed by atoms with Crippen LogP contribution in [0.15, 0.2) is 30.5 Å². The summed E-state index contributed by atoms with van der Waals surface area (Å²) in [5.41, 5.74) is 1.37. The van der Waals surface area contributed by atoms with Crippen molar-refractivity contribution < 1.29 is 19.5 Å². The van der Waals surface area contributed by atoms with E-state index >= 15 is 0 Å². The lowest BCUT2D eigenvalue weighted by atomic mass is 10.1. The summed E-state index contributed by atoms with van der Waals surface area (Å²) in [5, 5.41) is 12.2. The van der Waals surface area contributed by atoms with E-state index in [1.807, 2.05) is 24.3 Å². The van der Waals surface area contributed by atoms with Crippen molar-refractivity contribution in [3.05, 3.63) is 36.0 Å². The largest absolute Gasteiger partial charge is 0.480 e. The molecule has 1 saturated heterocycles. The minimum atomic E-state index is -1.11. The highest BCUT2D eigenvalue weighted by Gasteiger charge is 2.36. The predicted octanol–water partition coefficient (Wildman–Crippen LogP) is 1.27. The molecule has 2 atom stereocenters. The minimum absolute atomic E-state index is 0.236. The Bertz CT molecular complexity index is 803. The van der Waals surface area contributed by atoms with Crippen molar-refractivity contribution in [2.45, 2.75) is 19.0 Å². The van der Waals surface area contributed by atoms with Crippen molar-refractivity contribution in [3.63, 3.8) is 0 Å². The molecule has 8 heteroatoms. The number of nitrogens with one attached hydrogen (secondary N) is 2. The Morgan fingerprint density at radius 1 is 1.38 bits per heavy atom. The van der Waals surface area contributed by atoms with Gasteiger partial charge in [-0.1, -0.05) is 18.2 Å². The molecule has 0 radical (unpaired) electrons. The zero-order valence-electron chi connectivity index (χ0n) is 13.0. The number of aromatic nitrogens is 1. The third-order valence-electron chi connectivity index (χ3n) is 3.99. The fraction of sp³-hybridized carbons (Fsp3) is 0.312. The quantitative estimate of drug-likeness (QED) is 0.773. The summed E-state index contributed by atoms with van der Waals surface area (Å²) in [4.78, 5) is 40.6. The van der Waals surface area contributed by atoms with E-state index in [1.165, 1.54) is 23.6 Å². The number of carbonyl (C=O) groups is 3. The molecule has 3 N–H and O–H groups in total. The standard InChI is InChI=1S/C16H17N3O4S/c1-9(16(22)23)18-14(20)13-7-24-8-19(13)15(21)11-6-17-12-5-3-2-4-10(11)12/h2-6,9,13,17H,7-8H2,1H3,(H,18,20)(H,22,23)/t9-,13?/m1/s1. The zero-order valence-corrected chi connectivity index (χ0v) is 13.8. The number of fused-ring (bicyclic) bond motifs is 1. The first-order valence-corrected chi connectivity index (χ1v) is 8.62. The van der Waals surface area contributed by atoms with Crippen LogP contribution in [-0.4, -0.2) is 56.5 Å². The van der Waals surface area contributed by atoms with E-state index in [1.54, 1.807) is 6.20 Å². The highest BCUT2D eigenvalue weighted by molar-refractivity contribution is 7.99. The van der Waals surface area contributed by atoms with Gasteiger partial charge in [0.2, 0.25) is 5.91 Å². The van der Waals surface area contributed by atoms with Crippen LogP contribution in [0.2, 0.25) is 0 Å². The summed E-state index contributed by atoms with van der Waals surface area (Å²) in [6.45, 7) is 1.40. The smallest absolute Gasteiger partial charge is 0.325 e. The van der Waals surface area contributed by atoms with Gasteiger partial charge >= 0.3 is 5.97 Å². The fourth-order valence-corrected chi connectivity index (χ4v) is 3.79. The topological polar surface area (TPSA) is 103 Å². The molecule has 2 aromatic rings. The van der Waals surface area contributed by atoms with Crippen molar-refractivity contribution >= 4 is 40.4 Å². The van der Waals surface area contributed by atoms with E-state index in [0.29, 0.717) is 17.2 Å². The van der Waals surface area contributed by atoms with Crippen LogP contribution in [0, 0.1) is 0 Å². The van der Waals surface area contributed by atoms with Gasteiger partial charge in [-0.05, 0) is 13.0 Å². The number of carbonyl (C=O) groups excluding carboxylic acids is 2. The maximum atomic E-state index is 12.9. The molecule has 1 unspecified atom stereocenters. The third-order valence-corrected chi connectivity index (χ3v) is 5.01. The number of thioether (sulfide) groups is 1. The van der Waals surface area contributed by atoms with Gasteiger partial charge < -0.3 is 20.3 Å². The van der Waals surface area contributed by atoms with Crippen LogP contribution >= 0.6 is 11.8 Å². The van der Waals surface area contributed by atoms with E-state index in [4.69, 9.17) is 5.11 Å². The van der Waals surface area contributed by atoms with E-state index in [-0.39, 0.29) is 5.91 Å². The van der Waals surface area contributed by atoms with Gasteiger partial charge in [0.1, 0.15) is 12.1 Å². The summed E-state index contributed by atoms with van der Waals surface area (Å²) in [7, 11) is 0. The van der Waals surface area contributed by atoms with Crippen LogP contribution < -0.4 is 5.32 Å². The molecule has 1 aromatic heterocycles. The molecule has 2 heterocycles. The van der Waals surface area contributed by atoms with Crippen molar-refractivity contribution in [3.8, 4) is 0 Å². The second kappa shape index (κ2) is 6.56. The van der Waals surface area contributed by atoms with E-state index in [9.17, 15) is 14.4 Å². The summed E-state index contributed by atoms with van der Waals surface area (Å²) < 4.78 is 0. The van der Waals surface area contributed by atoms with E-state index in [0.717, 1.165) is 10.9 Å². The Kier molecular flexibility index (Phi) is 4.48. The SMILES string of the molecule is C[C@@H](NC(=O)C1CSCN1C(=O)c1c[nH]c2ccccc12)C(=O)O. The van der Waals surface area contributed by atoms with Gasteiger partial charge in [0.25, 0.3) is 5.91 Å². The number of nitrogens with zero attached hydrogens (tertiary/aromatic N) is 1. The van der Waals surface area contributed by atoms with Crippen LogP contribution in [0.3, 0.4) is 0 Å². The maximum Gasteiger partial charge on any atom is 0.325 e. The maximum absolute atomic E-state index is 12.9. The Labute approximate surface area is 142 Å². The lowest BCUT2D eigenvalue weighted by molar-refractivity contribution is -0.141. The Balaban J connectivity index is 1.81. The summed E-state index contributed by atoms with van der Waals surface area (Å²) in [5.74, 6) is -0.934. The number of hydrogen-bond acceptors (Lipinski definition) is 4. The number of hydrogen-bond donors (Lipinski definition) is 3. The Morgan fingerprint density at radius 3 is 2.88 bits per heavy atom. The first-order valence-electron chi connectivity index (χ1n) is 7.47. The number of aromatic amines is 1. The van der Waals surface area contributed by atoms with E-state index < -0.39 is 24.0 Å². The molecule has 2 amide bonds. The number of H-pyrrole nitrogens is 1. The van der Waals surface area contributed by atoms with Crippen molar-refractivity contribution in [2.75, 3.05) is 11.6 Å². The first kappa shape index (κ1) is 16.4. The van der Waals surface area contributed by atoms with Gasteiger partial charge in [0.05, 0.1) is 11.4 Å². The predicted molar refractivity (Wildman–Crippen MR) is 90.8 cm³/mol. The first-order chi connectivity index (χ1) is 11.5. The van der Waals surface area contributed by atoms with Crippen LogP contribution in [0.25, 0.3) is 10.9 Å². The summed E-state index contributed by atoms with van der Waals surface area (Å²) >= 11 is 1.47. The van der Waals surface area contributed by atoms with Crippen LogP contribution in [0.1, 0.15) is 17.3 Å². The monoisotopic (exact) mass is 347 g/mol. The number of rotatable bonds is 4. The number of aliphatic carboxylic acids is 1. The van der Waals surface area contributed by atoms with Crippen LogP contribution in [0.5, 0.6) is 0 Å². The molecule has 0 saturated carbocycles. The number of amides is 2. The summed E-state index contributed by atoms with van der Waals surface area (Å²) in [6, 6.07) is 5.80. The van der Waals surface area contributed by atoms with Gasteiger partial charge in [-0.3, -0.25) is 14.4 Å². The van der Waals surface area contributed by atoms with Gasteiger partial charge in [-0.2, -0.15) is 0 Å². The third kappa shape index (κ3) is 2.96. The molecule has 0 bridgehead atoms. The molecule has 1 aromatic carbocycles. The second-order valence-corrected chi connectivity index (χ2v) is 6.61. The van der Waals surface area contributed by atoms with Crippen LogP contribution in [0.4, 0.5) is 0 Å². The molecular weight excluding hydrogens is 330 g/mol. The molecule has 0 aliphatic carbocycles. The number of carboxylic acids is 1. The number of benzene rings is 1. The molecule has 1 fully saturated rings. The van der Waals surface area contributed by atoms with E-state index in [2.05, 4.69) is 10.3 Å². The fourth-order valence-electron chi connectivity index (χ4n) is 2.63. The molecule has 1 aliphatic heterocycles. The molecule has 0 spiro atoms. The minimum Gasteiger partial charge on any atom is -0.480 e. The molecular formula is C16H17N3O4S. The number of carboxylic acid groups (broad SMARTS) is 1. The van der Waals surface area contributed by atoms with Gasteiger partial charge in [0.15, 0.2) is 0 Å². The average molecular weight is 347 g/mol. The van der Waals surface area contributed by atoms with Gasteiger partial charge in [-0.25, -0.2) is 0 Å². The highest BCUT2D eigenvalue weighted by atomic mass is 32.2. The number of para-hydroxylation sites is 1. The molecule has 1 aliphatic rings. The van der Waals surface area contributed by atoms with Gasteiger partial charge in [-0.15, -0.1) is 11.8 Å².